The highest BCUT2D eigenvalue weighted by molar-refractivity contribution is 5.85. The molecule has 2 amide bonds. The minimum Gasteiger partial charge on any atom is -0.494 e. The maximum atomic E-state index is 12.1. The van der Waals surface area contributed by atoms with Gasteiger partial charge in [-0.1, -0.05) is 18.2 Å². The molecule has 0 aliphatic carbocycles. The quantitative estimate of drug-likeness (QED) is 0.558. The molecule has 0 radical (unpaired) electrons. The van der Waals surface area contributed by atoms with Gasteiger partial charge in [0.15, 0.2) is 0 Å². The first kappa shape index (κ1) is 22.2. The molecular weight excluding hydrogens is 330 g/mol. The van der Waals surface area contributed by atoms with E-state index in [2.05, 4.69) is 16.0 Å². The average Bonchev–Trinajstić information content (AvgIpc) is 2.51. The van der Waals surface area contributed by atoms with E-state index in [-0.39, 0.29) is 30.6 Å². The summed E-state index contributed by atoms with van der Waals surface area (Å²) in [5, 5.41) is 8.74. The lowest BCUT2D eigenvalue weighted by molar-refractivity contribution is -0.122. The summed E-state index contributed by atoms with van der Waals surface area (Å²) in [6.45, 7) is 5.34. The molecule has 0 saturated heterocycles. The number of carbonyl (C=O) groups is 2. The van der Waals surface area contributed by atoms with E-state index in [0.29, 0.717) is 18.9 Å². The molecule has 0 saturated carbocycles. The van der Waals surface area contributed by atoms with Crippen LogP contribution in [-0.2, 0) is 9.59 Å². The Morgan fingerprint density at radius 2 is 1.92 bits per heavy atom. The second kappa shape index (κ2) is 12.6. The molecule has 1 aromatic rings. The van der Waals surface area contributed by atoms with Crippen LogP contribution in [0.25, 0.3) is 0 Å². The first-order valence-electron chi connectivity index (χ1n) is 7.98. The third kappa shape index (κ3) is 8.17. The summed E-state index contributed by atoms with van der Waals surface area (Å²) in [5.41, 5.74) is 0.815. The zero-order chi connectivity index (χ0) is 17.1. The minimum absolute atomic E-state index is 0. The second-order valence-corrected chi connectivity index (χ2v) is 5.24. The van der Waals surface area contributed by atoms with Crippen LogP contribution in [-0.4, -0.2) is 38.6 Å². The highest BCUT2D eigenvalue weighted by atomic mass is 35.5. The van der Waals surface area contributed by atoms with Gasteiger partial charge in [-0.25, -0.2) is 0 Å². The van der Waals surface area contributed by atoms with Crippen LogP contribution in [0.15, 0.2) is 24.3 Å². The summed E-state index contributed by atoms with van der Waals surface area (Å²) in [6, 6.07) is 7.06. The van der Waals surface area contributed by atoms with Crippen molar-refractivity contribution in [3.63, 3.8) is 0 Å². The van der Waals surface area contributed by atoms with E-state index in [9.17, 15) is 9.59 Å². The van der Waals surface area contributed by atoms with E-state index in [1.54, 1.807) is 0 Å². The number of ether oxygens (including phenoxy) is 1. The van der Waals surface area contributed by atoms with Gasteiger partial charge in [0.2, 0.25) is 11.8 Å². The molecule has 6 nitrogen and oxygen atoms in total. The fourth-order valence-corrected chi connectivity index (χ4v) is 2.29. The number of benzene rings is 1. The average molecular weight is 358 g/mol. The summed E-state index contributed by atoms with van der Waals surface area (Å²) in [5.74, 6) is 0.423. The molecule has 0 aromatic heterocycles. The van der Waals surface area contributed by atoms with Gasteiger partial charge in [0.05, 0.1) is 19.1 Å². The zero-order valence-corrected chi connectivity index (χ0v) is 15.4. The van der Waals surface area contributed by atoms with Gasteiger partial charge < -0.3 is 20.7 Å². The van der Waals surface area contributed by atoms with E-state index in [1.807, 2.05) is 38.2 Å². The molecule has 0 aliphatic rings. The van der Waals surface area contributed by atoms with Crippen molar-refractivity contribution in [2.24, 2.45) is 0 Å². The first-order chi connectivity index (χ1) is 11.1. The van der Waals surface area contributed by atoms with E-state index >= 15 is 0 Å². The van der Waals surface area contributed by atoms with E-state index < -0.39 is 6.04 Å². The molecule has 24 heavy (non-hydrogen) atoms. The third-order valence-corrected chi connectivity index (χ3v) is 3.29. The molecule has 0 bridgehead atoms. The van der Waals surface area contributed by atoms with Crippen molar-refractivity contribution in [1.29, 1.82) is 0 Å². The van der Waals surface area contributed by atoms with Gasteiger partial charge in [0.1, 0.15) is 5.75 Å². The SMILES string of the molecule is CCOc1ccccc1C(CC(=O)NCCCNC)NC(C)=O.Cl. The highest BCUT2D eigenvalue weighted by Crippen LogP contribution is 2.27. The van der Waals surface area contributed by atoms with E-state index in [0.717, 1.165) is 18.5 Å². The van der Waals surface area contributed by atoms with Crippen LogP contribution in [0.2, 0.25) is 0 Å². The van der Waals surface area contributed by atoms with Crippen molar-refractivity contribution in [3.05, 3.63) is 29.8 Å². The lowest BCUT2D eigenvalue weighted by Crippen LogP contribution is -2.33. The fraction of sp³-hybridized carbons (Fsp3) is 0.529. The number of para-hydroxylation sites is 1. The summed E-state index contributed by atoms with van der Waals surface area (Å²) in [6.07, 6.45) is 1.05. The topological polar surface area (TPSA) is 79.5 Å². The van der Waals surface area contributed by atoms with Crippen molar-refractivity contribution in [2.75, 3.05) is 26.7 Å². The lowest BCUT2D eigenvalue weighted by Gasteiger charge is -2.21. The minimum atomic E-state index is -0.403. The molecule has 136 valence electrons. The Bertz CT molecular complexity index is 512. The van der Waals surface area contributed by atoms with Crippen molar-refractivity contribution < 1.29 is 14.3 Å². The molecule has 1 rings (SSSR count). The van der Waals surface area contributed by atoms with Gasteiger partial charge in [0, 0.05) is 19.0 Å². The largest absolute Gasteiger partial charge is 0.494 e. The molecule has 0 heterocycles. The number of hydrogen-bond donors (Lipinski definition) is 3. The maximum Gasteiger partial charge on any atom is 0.222 e. The molecule has 1 atom stereocenters. The number of halogens is 1. The van der Waals surface area contributed by atoms with Crippen LogP contribution >= 0.6 is 12.4 Å². The third-order valence-electron chi connectivity index (χ3n) is 3.29. The van der Waals surface area contributed by atoms with Gasteiger partial charge >= 0.3 is 0 Å². The van der Waals surface area contributed by atoms with Crippen molar-refractivity contribution in [3.8, 4) is 5.75 Å². The van der Waals surface area contributed by atoms with Crippen LogP contribution in [0, 0.1) is 0 Å². The Hall–Kier alpha value is -1.79. The monoisotopic (exact) mass is 357 g/mol. The second-order valence-electron chi connectivity index (χ2n) is 5.24. The van der Waals surface area contributed by atoms with Gasteiger partial charge in [-0.3, -0.25) is 9.59 Å². The van der Waals surface area contributed by atoms with Crippen LogP contribution in [0.3, 0.4) is 0 Å². The predicted octanol–water partition coefficient (Wildman–Crippen LogP) is 1.80. The van der Waals surface area contributed by atoms with Gasteiger partial charge in [-0.15, -0.1) is 12.4 Å². The predicted molar refractivity (Wildman–Crippen MR) is 97.6 cm³/mol. The Labute approximate surface area is 150 Å². The molecule has 0 aliphatic heterocycles. The lowest BCUT2D eigenvalue weighted by atomic mass is 10.0. The van der Waals surface area contributed by atoms with E-state index in [4.69, 9.17) is 4.74 Å². The summed E-state index contributed by atoms with van der Waals surface area (Å²) >= 11 is 0. The van der Waals surface area contributed by atoms with Crippen LogP contribution in [0.5, 0.6) is 5.75 Å². The summed E-state index contributed by atoms with van der Waals surface area (Å²) in [7, 11) is 1.87. The van der Waals surface area contributed by atoms with Gasteiger partial charge in [-0.2, -0.15) is 0 Å². The zero-order valence-electron chi connectivity index (χ0n) is 14.6. The smallest absolute Gasteiger partial charge is 0.222 e. The van der Waals surface area contributed by atoms with Gasteiger partial charge in [-0.05, 0) is 33.0 Å². The Morgan fingerprint density at radius 1 is 1.21 bits per heavy atom. The molecule has 7 heteroatoms. The van der Waals surface area contributed by atoms with Crippen molar-refractivity contribution in [2.45, 2.75) is 32.7 Å². The molecule has 0 spiro atoms. The summed E-state index contributed by atoms with van der Waals surface area (Å²) in [4.78, 5) is 23.6. The standard InChI is InChI=1S/C17H27N3O3.ClH/c1-4-23-16-9-6-5-8-14(16)15(20-13(2)21)12-17(22)19-11-7-10-18-3;/h5-6,8-9,15,18H,4,7,10-12H2,1-3H3,(H,19,22)(H,20,21);1H. The molecule has 1 unspecified atom stereocenters. The van der Waals surface area contributed by atoms with Crippen LogP contribution in [0.1, 0.15) is 38.3 Å². The number of hydrogen-bond acceptors (Lipinski definition) is 4. The Balaban J connectivity index is 0.00000529. The molecular formula is C17H28ClN3O3. The molecule has 1 aromatic carbocycles. The van der Waals surface area contributed by atoms with Crippen molar-refractivity contribution in [1.82, 2.24) is 16.0 Å². The van der Waals surface area contributed by atoms with Gasteiger partial charge in [0.25, 0.3) is 0 Å². The van der Waals surface area contributed by atoms with E-state index in [1.165, 1.54) is 6.92 Å². The highest BCUT2D eigenvalue weighted by Gasteiger charge is 2.20. The molecule has 0 fully saturated rings. The molecule has 3 N–H and O–H groups in total. The van der Waals surface area contributed by atoms with Crippen molar-refractivity contribution >= 4 is 24.2 Å². The fourth-order valence-electron chi connectivity index (χ4n) is 2.29. The number of carbonyl (C=O) groups excluding carboxylic acids is 2. The maximum absolute atomic E-state index is 12.1. The number of nitrogens with one attached hydrogen (secondary N) is 3. The normalized spacial score (nSPS) is 11.1. The van der Waals surface area contributed by atoms with Crippen LogP contribution in [0.4, 0.5) is 0 Å². The number of rotatable bonds is 10. The first-order valence-corrected chi connectivity index (χ1v) is 7.98. The Kier molecular flexibility index (Phi) is 11.7. The Morgan fingerprint density at radius 3 is 2.54 bits per heavy atom. The summed E-state index contributed by atoms with van der Waals surface area (Å²) < 4.78 is 5.60. The number of amides is 2. The van der Waals surface area contributed by atoms with Crippen LogP contribution < -0.4 is 20.7 Å².